The lowest BCUT2D eigenvalue weighted by Crippen LogP contribution is -2.25. The van der Waals surface area contributed by atoms with Gasteiger partial charge in [-0.3, -0.25) is 0 Å². The maximum absolute atomic E-state index is 12.2. The van der Waals surface area contributed by atoms with Crippen LogP contribution in [0.4, 0.5) is 13.2 Å². The molecule has 1 rings (SSSR count). The first-order valence-corrected chi connectivity index (χ1v) is 7.84. The summed E-state index contributed by atoms with van der Waals surface area (Å²) in [5, 5.41) is 0. The van der Waals surface area contributed by atoms with E-state index in [4.69, 9.17) is 4.74 Å². The van der Waals surface area contributed by atoms with E-state index in [2.05, 4.69) is 20.3 Å². The predicted octanol–water partition coefficient (Wildman–Crippen LogP) is 4.27. The summed E-state index contributed by atoms with van der Waals surface area (Å²) in [5.41, 5.74) is 0.507. The lowest BCUT2D eigenvalue weighted by molar-refractivity contribution is -0.153. The second-order valence-corrected chi connectivity index (χ2v) is 7.98. The second kappa shape index (κ2) is 7.02. The fraction of sp³-hybridized carbons (Fsp3) is 0.462. The van der Waals surface area contributed by atoms with E-state index in [-0.39, 0.29) is 5.75 Å². The zero-order valence-corrected chi connectivity index (χ0v) is 14.1. The Bertz CT molecular complexity index is 515. The summed E-state index contributed by atoms with van der Waals surface area (Å²) in [5.74, 6) is 0.0535. The fourth-order valence-electron chi connectivity index (χ4n) is 1.14. The molecule has 1 unspecified atom stereocenters. The molecule has 1 atom stereocenters. The number of hydrogen-bond acceptors (Lipinski definition) is 3. The molecule has 0 aliphatic heterocycles. The smallest absolute Gasteiger partial charge is 0.422 e. The molecule has 0 aliphatic rings. The molecule has 0 bridgehead atoms. The number of ether oxygens (including phenoxy) is 1. The number of nitrogens with zero attached hydrogens (tertiary/aromatic N) is 1. The van der Waals surface area contributed by atoms with Crippen LogP contribution in [0.5, 0.6) is 5.75 Å². The van der Waals surface area contributed by atoms with Gasteiger partial charge in [-0.05, 0) is 48.8 Å². The van der Waals surface area contributed by atoms with Gasteiger partial charge < -0.3 is 9.29 Å². The van der Waals surface area contributed by atoms with E-state index in [0.29, 0.717) is 10.0 Å². The van der Waals surface area contributed by atoms with Crippen LogP contribution in [0.1, 0.15) is 26.3 Å². The van der Waals surface area contributed by atoms with Crippen LogP contribution in [0.15, 0.2) is 27.1 Å². The molecule has 0 heterocycles. The highest BCUT2D eigenvalue weighted by Crippen LogP contribution is 2.28. The maximum Gasteiger partial charge on any atom is 0.422 e. The number of halogens is 4. The average molecular weight is 386 g/mol. The first-order chi connectivity index (χ1) is 9.49. The van der Waals surface area contributed by atoms with Gasteiger partial charge in [0.05, 0.1) is 10.7 Å². The number of rotatable bonds is 4. The molecule has 0 aliphatic carbocycles. The molecule has 0 N–H and O–H groups in total. The zero-order chi connectivity index (χ0) is 16.3. The van der Waals surface area contributed by atoms with E-state index < -0.39 is 28.9 Å². The fourth-order valence-corrected chi connectivity index (χ4v) is 2.03. The zero-order valence-electron chi connectivity index (χ0n) is 11.7. The van der Waals surface area contributed by atoms with E-state index in [9.17, 15) is 17.7 Å². The van der Waals surface area contributed by atoms with Gasteiger partial charge in [0.1, 0.15) is 21.9 Å². The quantitative estimate of drug-likeness (QED) is 0.573. The molecule has 118 valence electrons. The third-order valence-corrected chi connectivity index (χ3v) is 4.17. The molecule has 0 saturated heterocycles. The van der Waals surface area contributed by atoms with E-state index >= 15 is 0 Å². The van der Waals surface area contributed by atoms with Gasteiger partial charge in [0.2, 0.25) is 0 Å². The summed E-state index contributed by atoms with van der Waals surface area (Å²) in [6.07, 6.45) is -3.05. The van der Waals surface area contributed by atoms with Crippen molar-refractivity contribution in [3.8, 4) is 5.75 Å². The molecule has 0 saturated carbocycles. The number of benzene rings is 1. The minimum atomic E-state index is -4.41. The van der Waals surface area contributed by atoms with Crippen LogP contribution in [-0.4, -0.2) is 28.3 Å². The van der Waals surface area contributed by atoms with Crippen LogP contribution in [-0.2, 0) is 11.4 Å². The van der Waals surface area contributed by atoms with Crippen molar-refractivity contribution < 1.29 is 22.5 Å². The Morgan fingerprint density at radius 1 is 1.33 bits per heavy atom. The topological polar surface area (TPSA) is 44.7 Å². The maximum atomic E-state index is 12.2. The Balaban J connectivity index is 2.84. The highest BCUT2D eigenvalue weighted by molar-refractivity contribution is 9.10. The number of alkyl halides is 3. The lowest BCUT2D eigenvalue weighted by Gasteiger charge is -2.17. The van der Waals surface area contributed by atoms with Crippen molar-refractivity contribution >= 4 is 33.5 Å². The van der Waals surface area contributed by atoms with Crippen LogP contribution in [0.3, 0.4) is 0 Å². The summed E-state index contributed by atoms with van der Waals surface area (Å²) < 4.78 is 56.7. The Labute approximate surface area is 133 Å². The van der Waals surface area contributed by atoms with E-state index in [0.717, 1.165) is 0 Å². The highest BCUT2D eigenvalue weighted by atomic mass is 79.9. The van der Waals surface area contributed by atoms with Gasteiger partial charge in [0.15, 0.2) is 6.61 Å². The Hall–Kier alpha value is -0.730. The molecule has 0 amide bonds. The van der Waals surface area contributed by atoms with Crippen LogP contribution in [0, 0.1) is 0 Å². The summed E-state index contributed by atoms with van der Waals surface area (Å²) in [4.78, 5) is 0. The molecule has 1 aromatic carbocycles. The van der Waals surface area contributed by atoms with Crippen molar-refractivity contribution in [2.24, 2.45) is 4.40 Å². The van der Waals surface area contributed by atoms with Crippen molar-refractivity contribution in [3.63, 3.8) is 0 Å². The largest absolute Gasteiger partial charge is 0.591 e. The third-order valence-electron chi connectivity index (χ3n) is 2.17. The number of hydrogen-bond donors (Lipinski definition) is 0. The first kappa shape index (κ1) is 18.3. The Kier molecular flexibility index (Phi) is 6.12. The van der Waals surface area contributed by atoms with Crippen LogP contribution >= 0.6 is 15.9 Å². The second-order valence-electron chi connectivity index (χ2n) is 5.19. The minimum Gasteiger partial charge on any atom is -0.591 e. The summed E-state index contributed by atoms with van der Waals surface area (Å²) in [6, 6.07) is 4.58. The molecule has 0 spiro atoms. The van der Waals surface area contributed by atoms with Crippen LogP contribution in [0.25, 0.3) is 0 Å². The van der Waals surface area contributed by atoms with Gasteiger partial charge in [-0.2, -0.15) is 13.2 Å². The van der Waals surface area contributed by atoms with E-state index in [1.165, 1.54) is 12.3 Å². The molecule has 8 heteroatoms. The molecular weight excluding hydrogens is 371 g/mol. The molecule has 3 nitrogen and oxygen atoms in total. The summed E-state index contributed by atoms with van der Waals surface area (Å²) in [7, 11) is 0. The van der Waals surface area contributed by atoms with Crippen LogP contribution < -0.4 is 4.74 Å². The van der Waals surface area contributed by atoms with Crippen molar-refractivity contribution in [1.82, 2.24) is 0 Å². The van der Waals surface area contributed by atoms with Gasteiger partial charge in [-0.1, -0.05) is 10.5 Å². The van der Waals surface area contributed by atoms with Gasteiger partial charge in [-0.25, -0.2) is 0 Å². The third kappa shape index (κ3) is 6.71. The van der Waals surface area contributed by atoms with E-state index in [1.54, 1.807) is 32.9 Å². The van der Waals surface area contributed by atoms with E-state index in [1.807, 2.05) is 0 Å². The van der Waals surface area contributed by atoms with Gasteiger partial charge >= 0.3 is 6.18 Å². The van der Waals surface area contributed by atoms with Crippen molar-refractivity contribution in [1.29, 1.82) is 0 Å². The predicted molar refractivity (Wildman–Crippen MR) is 81.2 cm³/mol. The normalized spacial score (nSPS) is 14.5. The SMILES string of the molecule is CC(C)(C)[S+]([O-])/N=C/c1ccc(Br)c(OCC(F)(F)F)c1. The first-order valence-electron chi connectivity index (χ1n) is 5.94. The molecule has 1 aromatic rings. The molecular formula is C13H15BrF3NO2S. The Morgan fingerprint density at radius 3 is 2.48 bits per heavy atom. The molecule has 0 aromatic heterocycles. The van der Waals surface area contributed by atoms with Crippen molar-refractivity contribution in [3.05, 3.63) is 28.2 Å². The summed E-state index contributed by atoms with van der Waals surface area (Å²) >= 11 is 1.68. The molecule has 0 radical (unpaired) electrons. The standard InChI is InChI=1S/C13H15BrF3NO2S/c1-12(2,3)21(19)18-7-9-4-5-10(14)11(6-9)20-8-13(15,16)17/h4-7H,8H2,1-3H3/b18-7+. The summed E-state index contributed by atoms with van der Waals surface area (Å²) in [6.45, 7) is 3.96. The van der Waals surface area contributed by atoms with Gasteiger partial charge in [-0.15, -0.1) is 0 Å². The van der Waals surface area contributed by atoms with Gasteiger partial charge in [0, 0.05) is 5.56 Å². The Morgan fingerprint density at radius 2 is 1.95 bits per heavy atom. The monoisotopic (exact) mass is 385 g/mol. The lowest BCUT2D eigenvalue weighted by atomic mass is 10.2. The van der Waals surface area contributed by atoms with Crippen LogP contribution in [0.2, 0.25) is 0 Å². The molecule has 0 fully saturated rings. The van der Waals surface area contributed by atoms with Crippen molar-refractivity contribution in [2.45, 2.75) is 31.7 Å². The molecule has 21 heavy (non-hydrogen) atoms. The highest BCUT2D eigenvalue weighted by Gasteiger charge is 2.29. The minimum absolute atomic E-state index is 0.0535. The van der Waals surface area contributed by atoms with Crippen molar-refractivity contribution in [2.75, 3.05) is 6.61 Å². The van der Waals surface area contributed by atoms with Gasteiger partial charge in [0.25, 0.3) is 0 Å². The average Bonchev–Trinajstić information content (AvgIpc) is 2.33.